The van der Waals surface area contributed by atoms with Crippen LogP contribution in [-0.4, -0.2) is 48.8 Å². The maximum absolute atomic E-state index is 12.6. The molecule has 0 radical (unpaired) electrons. The Kier molecular flexibility index (Phi) is 5.59. The number of carbonyl (C=O) groups excluding carboxylic acids is 2. The highest BCUT2D eigenvalue weighted by Crippen LogP contribution is 2.22. The minimum atomic E-state index is -0.620. The summed E-state index contributed by atoms with van der Waals surface area (Å²) in [6, 6.07) is 6.70. The number of imidazole rings is 1. The van der Waals surface area contributed by atoms with Crippen LogP contribution in [0.2, 0.25) is 0 Å². The highest BCUT2D eigenvalue weighted by Gasteiger charge is 2.17. The summed E-state index contributed by atoms with van der Waals surface area (Å²) in [5, 5.41) is 2.54. The molecule has 11 heteroatoms. The fraction of sp³-hybridized carbons (Fsp3) is 0.278. The van der Waals surface area contributed by atoms with E-state index < -0.39 is 23.7 Å². The van der Waals surface area contributed by atoms with Gasteiger partial charge in [-0.25, -0.2) is 14.3 Å². The molecule has 0 aliphatic carbocycles. The molecule has 0 aliphatic heterocycles. The van der Waals surface area contributed by atoms with Crippen LogP contribution in [0.3, 0.4) is 0 Å². The van der Waals surface area contributed by atoms with Crippen molar-refractivity contribution in [3.63, 3.8) is 0 Å². The van der Waals surface area contributed by atoms with Crippen LogP contribution in [0.5, 0.6) is 0 Å². The third-order valence-corrected chi connectivity index (χ3v) is 5.26. The van der Waals surface area contributed by atoms with Gasteiger partial charge in [-0.05, 0) is 36.0 Å². The highest BCUT2D eigenvalue weighted by atomic mass is 32.2. The zero-order valence-corrected chi connectivity index (χ0v) is 17.2. The lowest BCUT2D eigenvalue weighted by atomic mass is 10.3. The molecule has 2 aromatic heterocycles. The van der Waals surface area contributed by atoms with Gasteiger partial charge in [-0.3, -0.25) is 19.0 Å². The van der Waals surface area contributed by atoms with E-state index in [9.17, 15) is 19.2 Å². The van der Waals surface area contributed by atoms with Gasteiger partial charge < -0.3 is 14.8 Å². The number of anilines is 1. The quantitative estimate of drug-likeness (QED) is 0.631. The number of aryl methyl sites for hydroxylation is 2. The molecule has 10 nitrogen and oxygen atoms in total. The lowest BCUT2D eigenvalue weighted by Gasteiger charge is -2.11. The number of hydrogen-bond acceptors (Lipinski definition) is 6. The first-order chi connectivity index (χ1) is 13.7. The molecule has 2 amide bonds. The average Bonchev–Trinajstić information content (AvgIpc) is 3.06. The molecular formula is C18H20N6O4S. The van der Waals surface area contributed by atoms with Gasteiger partial charge in [-0.1, -0.05) is 0 Å². The van der Waals surface area contributed by atoms with Crippen LogP contribution in [0.1, 0.15) is 0 Å². The summed E-state index contributed by atoms with van der Waals surface area (Å²) in [5.74, 6) is -0.518. The molecule has 29 heavy (non-hydrogen) atoms. The second-order valence-corrected chi connectivity index (χ2v) is 7.62. The lowest BCUT2D eigenvalue weighted by molar-refractivity contribution is -0.116. The predicted molar refractivity (Wildman–Crippen MR) is 110 cm³/mol. The van der Waals surface area contributed by atoms with Crippen LogP contribution >= 0.6 is 11.8 Å². The molecule has 3 rings (SSSR count). The number of thioether (sulfide) groups is 1. The topological polar surface area (TPSA) is 111 Å². The first-order valence-electron chi connectivity index (χ1n) is 8.59. The number of amides is 2. The Morgan fingerprint density at radius 3 is 2.41 bits per heavy atom. The Morgan fingerprint density at radius 2 is 1.79 bits per heavy atom. The van der Waals surface area contributed by atoms with Gasteiger partial charge in [0.05, 0.1) is 6.33 Å². The van der Waals surface area contributed by atoms with E-state index in [1.165, 1.54) is 27.4 Å². The second-order valence-electron chi connectivity index (χ2n) is 6.60. The molecule has 3 aromatic rings. The number of aromatic nitrogens is 4. The van der Waals surface area contributed by atoms with E-state index in [0.29, 0.717) is 5.69 Å². The van der Waals surface area contributed by atoms with E-state index in [1.54, 1.807) is 45.4 Å². The summed E-state index contributed by atoms with van der Waals surface area (Å²) >= 11 is 1.07. The number of carbonyl (C=O) groups is 2. The monoisotopic (exact) mass is 416 g/mol. The Labute approximate surface area is 169 Å². The maximum atomic E-state index is 12.6. The van der Waals surface area contributed by atoms with Crippen molar-refractivity contribution in [1.29, 1.82) is 0 Å². The van der Waals surface area contributed by atoms with Crippen molar-refractivity contribution in [2.24, 2.45) is 14.1 Å². The van der Waals surface area contributed by atoms with E-state index in [4.69, 9.17) is 0 Å². The van der Waals surface area contributed by atoms with Crippen LogP contribution in [0.4, 0.5) is 10.5 Å². The summed E-state index contributed by atoms with van der Waals surface area (Å²) in [6.07, 6.45) is 1.44. The zero-order valence-electron chi connectivity index (χ0n) is 16.4. The Hall–Kier alpha value is -3.34. The Bertz CT molecular complexity index is 1210. The fourth-order valence-electron chi connectivity index (χ4n) is 2.68. The van der Waals surface area contributed by atoms with Gasteiger partial charge in [0.2, 0.25) is 5.91 Å². The molecule has 0 unspecified atom stereocenters. The number of rotatable bonds is 4. The van der Waals surface area contributed by atoms with Crippen molar-refractivity contribution >= 4 is 39.8 Å². The highest BCUT2D eigenvalue weighted by molar-refractivity contribution is 8.13. The third kappa shape index (κ3) is 4.09. The maximum Gasteiger partial charge on any atom is 0.332 e. The lowest BCUT2D eigenvalue weighted by Crippen LogP contribution is -2.42. The standard InChI is InChI=1S/C18H20N6O4S/c1-21(2)18(28)29-12-7-5-11(6-8-12)20-13(25)9-24-16(26)14-15(19-10-22(14)3)23(4)17(24)27/h5-8,10H,9H2,1-4H3,(H,20,25). The molecule has 0 bridgehead atoms. The van der Waals surface area contributed by atoms with E-state index in [1.807, 2.05) is 0 Å². The minimum absolute atomic E-state index is 0.109. The van der Waals surface area contributed by atoms with Crippen molar-refractivity contribution in [2.75, 3.05) is 19.4 Å². The van der Waals surface area contributed by atoms with Gasteiger partial charge in [0.1, 0.15) is 6.54 Å². The molecule has 1 aromatic carbocycles. The van der Waals surface area contributed by atoms with Crippen molar-refractivity contribution in [2.45, 2.75) is 11.4 Å². The van der Waals surface area contributed by atoms with E-state index >= 15 is 0 Å². The van der Waals surface area contributed by atoms with Gasteiger partial charge in [-0.2, -0.15) is 0 Å². The molecule has 0 atom stereocenters. The second kappa shape index (κ2) is 7.95. The normalized spacial score (nSPS) is 10.9. The zero-order chi connectivity index (χ0) is 21.3. The summed E-state index contributed by atoms with van der Waals surface area (Å²) in [4.78, 5) is 55.5. The molecule has 0 saturated heterocycles. The first kappa shape index (κ1) is 20.4. The SMILES string of the molecule is CN(C)C(=O)Sc1ccc(NC(=O)Cn2c(=O)c3c(ncn3C)n(C)c2=O)cc1. The predicted octanol–water partition coefficient (Wildman–Crippen LogP) is 0.846. The van der Waals surface area contributed by atoms with Crippen molar-refractivity contribution in [3.8, 4) is 0 Å². The van der Waals surface area contributed by atoms with Crippen LogP contribution in [0, 0.1) is 0 Å². The van der Waals surface area contributed by atoms with Crippen molar-refractivity contribution in [3.05, 3.63) is 51.4 Å². The Balaban J connectivity index is 1.78. The Morgan fingerprint density at radius 1 is 1.14 bits per heavy atom. The summed E-state index contributed by atoms with van der Waals surface area (Å²) < 4.78 is 3.62. The van der Waals surface area contributed by atoms with Crippen molar-refractivity contribution in [1.82, 2.24) is 23.6 Å². The minimum Gasteiger partial charge on any atom is -0.339 e. The van der Waals surface area contributed by atoms with Crippen LogP contribution in [0.15, 0.2) is 45.1 Å². The van der Waals surface area contributed by atoms with E-state index in [0.717, 1.165) is 21.2 Å². The smallest absolute Gasteiger partial charge is 0.332 e. The number of hydrogen-bond donors (Lipinski definition) is 1. The summed E-state index contributed by atoms with van der Waals surface area (Å²) in [7, 11) is 6.47. The number of fused-ring (bicyclic) bond motifs is 1. The van der Waals surface area contributed by atoms with E-state index in [2.05, 4.69) is 10.3 Å². The molecule has 152 valence electrons. The molecule has 0 aliphatic rings. The van der Waals surface area contributed by atoms with Gasteiger partial charge in [0, 0.05) is 38.8 Å². The first-order valence-corrected chi connectivity index (χ1v) is 9.40. The van der Waals surface area contributed by atoms with Gasteiger partial charge in [-0.15, -0.1) is 0 Å². The van der Waals surface area contributed by atoms with Gasteiger partial charge in [0.15, 0.2) is 11.2 Å². The van der Waals surface area contributed by atoms with Gasteiger partial charge >= 0.3 is 5.69 Å². The summed E-state index contributed by atoms with van der Waals surface area (Å²) in [6.45, 7) is -0.428. The van der Waals surface area contributed by atoms with Crippen molar-refractivity contribution < 1.29 is 9.59 Å². The number of nitrogens with zero attached hydrogens (tertiary/aromatic N) is 5. The fourth-order valence-corrected chi connectivity index (χ4v) is 3.33. The molecule has 2 heterocycles. The summed E-state index contributed by atoms with van der Waals surface area (Å²) in [5.41, 5.74) is -0.202. The van der Waals surface area contributed by atoms with Crippen LogP contribution in [0.25, 0.3) is 11.2 Å². The molecule has 0 saturated carbocycles. The largest absolute Gasteiger partial charge is 0.339 e. The average molecular weight is 416 g/mol. The van der Waals surface area contributed by atoms with E-state index in [-0.39, 0.29) is 16.4 Å². The van der Waals surface area contributed by atoms with Crippen LogP contribution < -0.4 is 16.6 Å². The molecule has 1 N–H and O–H groups in total. The number of benzene rings is 1. The van der Waals surface area contributed by atoms with Crippen LogP contribution in [-0.2, 0) is 25.4 Å². The number of nitrogens with one attached hydrogen (secondary N) is 1. The molecule has 0 spiro atoms. The third-order valence-electron chi connectivity index (χ3n) is 4.21. The molecular weight excluding hydrogens is 396 g/mol. The van der Waals surface area contributed by atoms with Gasteiger partial charge in [0.25, 0.3) is 10.8 Å². The molecule has 0 fully saturated rings.